The molecule has 1 saturated heterocycles. The van der Waals surface area contributed by atoms with E-state index in [-0.39, 0.29) is 0 Å². The predicted octanol–water partition coefficient (Wildman–Crippen LogP) is 0.896. The van der Waals surface area contributed by atoms with Crippen LogP contribution in [0.4, 0.5) is 0 Å². The predicted molar refractivity (Wildman–Crippen MR) is 69.4 cm³/mol. The molecule has 1 aliphatic rings. The van der Waals surface area contributed by atoms with E-state index in [9.17, 15) is 5.11 Å². The fraction of sp³-hybridized carbons (Fsp3) is 0.571. The standard InChI is InChI=1S/C14H21NO3/c16-14(10-15-6-8-17-9-7-15)12-18-11-13-4-2-1-3-5-13/h1-5,14,16H,6-12H2. The van der Waals surface area contributed by atoms with Crippen molar-refractivity contribution in [1.29, 1.82) is 0 Å². The molecule has 1 aliphatic heterocycles. The molecule has 1 aromatic carbocycles. The molecule has 1 unspecified atom stereocenters. The number of morpholine rings is 1. The number of ether oxygens (including phenoxy) is 2. The van der Waals surface area contributed by atoms with Crippen molar-refractivity contribution in [2.45, 2.75) is 12.7 Å². The summed E-state index contributed by atoms with van der Waals surface area (Å²) < 4.78 is 10.8. The van der Waals surface area contributed by atoms with Crippen molar-refractivity contribution in [3.63, 3.8) is 0 Å². The SMILES string of the molecule is OC(COCc1ccccc1)CN1CCOCC1. The van der Waals surface area contributed by atoms with Gasteiger partial charge in [0, 0.05) is 19.6 Å². The zero-order valence-electron chi connectivity index (χ0n) is 10.6. The van der Waals surface area contributed by atoms with Crippen LogP contribution < -0.4 is 0 Å². The molecule has 100 valence electrons. The molecule has 1 N–H and O–H groups in total. The second-order valence-corrected chi connectivity index (χ2v) is 4.57. The van der Waals surface area contributed by atoms with E-state index in [1.807, 2.05) is 30.3 Å². The number of aliphatic hydroxyl groups excluding tert-OH is 1. The normalized spacial score (nSPS) is 18.7. The van der Waals surface area contributed by atoms with Gasteiger partial charge in [0.15, 0.2) is 0 Å². The lowest BCUT2D eigenvalue weighted by molar-refractivity contribution is -0.0175. The van der Waals surface area contributed by atoms with Crippen LogP contribution in [0.3, 0.4) is 0 Å². The first-order chi connectivity index (χ1) is 8.84. The molecule has 1 atom stereocenters. The maximum atomic E-state index is 9.87. The molecular formula is C14H21NO3. The van der Waals surface area contributed by atoms with Crippen LogP contribution in [-0.2, 0) is 16.1 Å². The summed E-state index contributed by atoms with van der Waals surface area (Å²) in [4.78, 5) is 2.21. The molecule has 0 spiro atoms. The average Bonchev–Trinajstić information content (AvgIpc) is 2.41. The third kappa shape index (κ3) is 4.74. The van der Waals surface area contributed by atoms with E-state index in [0.717, 1.165) is 31.9 Å². The zero-order valence-corrected chi connectivity index (χ0v) is 10.6. The first-order valence-corrected chi connectivity index (χ1v) is 6.44. The van der Waals surface area contributed by atoms with Crippen LogP contribution >= 0.6 is 0 Å². The van der Waals surface area contributed by atoms with Crippen molar-refractivity contribution < 1.29 is 14.6 Å². The first kappa shape index (κ1) is 13.5. The van der Waals surface area contributed by atoms with Gasteiger partial charge in [-0.05, 0) is 5.56 Å². The molecule has 1 heterocycles. The average molecular weight is 251 g/mol. The molecule has 0 amide bonds. The van der Waals surface area contributed by atoms with Crippen molar-refractivity contribution >= 4 is 0 Å². The van der Waals surface area contributed by atoms with Gasteiger partial charge in [0.25, 0.3) is 0 Å². The number of hydrogen-bond acceptors (Lipinski definition) is 4. The van der Waals surface area contributed by atoms with E-state index in [4.69, 9.17) is 9.47 Å². The van der Waals surface area contributed by atoms with E-state index in [1.165, 1.54) is 0 Å². The number of benzene rings is 1. The minimum atomic E-state index is -0.424. The Bertz CT molecular complexity index is 325. The Balaban J connectivity index is 1.61. The maximum Gasteiger partial charge on any atom is 0.0900 e. The first-order valence-electron chi connectivity index (χ1n) is 6.44. The number of β-amino-alcohol motifs (C(OH)–C–C–N with tert-alkyl or cyclic N) is 1. The summed E-state index contributed by atoms with van der Waals surface area (Å²) in [5, 5.41) is 9.87. The minimum absolute atomic E-state index is 0.381. The van der Waals surface area contributed by atoms with Crippen molar-refractivity contribution in [2.75, 3.05) is 39.5 Å². The van der Waals surface area contributed by atoms with Crippen LogP contribution in [0.5, 0.6) is 0 Å². The molecule has 0 radical (unpaired) electrons. The Morgan fingerprint density at radius 2 is 1.94 bits per heavy atom. The summed E-state index contributed by atoms with van der Waals surface area (Å²) in [6, 6.07) is 10.0. The smallest absolute Gasteiger partial charge is 0.0900 e. The van der Waals surface area contributed by atoms with Gasteiger partial charge < -0.3 is 14.6 Å². The summed E-state index contributed by atoms with van der Waals surface area (Å²) in [5.74, 6) is 0. The van der Waals surface area contributed by atoms with E-state index < -0.39 is 6.10 Å². The molecule has 0 bridgehead atoms. The van der Waals surface area contributed by atoms with Crippen LogP contribution in [0.1, 0.15) is 5.56 Å². The van der Waals surface area contributed by atoms with Gasteiger partial charge in [-0.2, -0.15) is 0 Å². The van der Waals surface area contributed by atoms with Crippen LogP contribution in [0.2, 0.25) is 0 Å². The van der Waals surface area contributed by atoms with E-state index in [1.54, 1.807) is 0 Å². The number of aliphatic hydroxyl groups is 1. The minimum Gasteiger partial charge on any atom is -0.389 e. The van der Waals surface area contributed by atoms with Gasteiger partial charge in [-0.3, -0.25) is 4.90 Å². The van der Waals surface area contributed by atoms with Crippen molar-refractivity contribution in [3.05, 3.63) is 35.9 Å². The lowest BCUT2D eigenvalue weighted by Gasteiger charge is -2.28. The van der Waals surface area contributed by atoms with Gasteiger partial charge >= 0.3 is 0 Å². The summed E-state index contributed by atoms with van der Waals surface area (Å²) in [7, 11) is 0. The van der Waals surface area contributed by atoms with E-state index >= 15 is 0 Å². The van der Waals surface area contributed by atoms with Gasteiger partial charge in [0.2, 0.25) is 0 Å². The van der Waals surface area contributed by atoms with Crippen molar-refractivity contribution in [2.24, 2.45) is 0 Å². The Labute approximate surface area is 108 Å². The highest BCUT2D eigenvalue weighted by molar-refractivity contribution is 5.13. The van der Waals surface area contributed by atoms with Crippen LogP contribution in [0, 0.1) is 0 Å². The maximum absolute atomic E-state index is 9.87. The van der Waals surface area contributed by atoms with Gasteiger partial charge in [-0.1, -0.05) is 30.3 Å². The summed E-state index contributed by atoms with van der Waals surface area (Å²) >= 11 is 0. The molecule has 18 heavy (non-hydrogen) atoms. The molecular weight excluding hydrogens is 230 g/mol. The van der Waals surface area contributed by atoms with Gasteiger partial charge in [0.05, 0.1) is 32.5 Å². The van der Waals surface area contributed by atoms with E-state index in [2.05, 4.69) is 4.90 Å². The molecule has 0 aliphatic carbocycles. The van der Waals surface area contributed by atoms with E-state index in [0.29, 0.717) is 19.8 Å². The molecule has 1 aromatic rings. The second-order valence-electron chi connectivity index (χ2n) is 4.57. The second kappa shape index (κ2) is 7.48. The largest absolute Gasteiger partial charge is 0.389 e. The Morgan fingerprint density at radius 3 is 2.67 bits per heavy atom. The molecule has 4 nitrogen and oxygen atoms in total. The third-order valence-electron chi connectivity index (χ3n) is 2.99. The fourth-order valence-electron chi connectivity index (χ4n) is 2.02. The lowest BCUT2D eigenvalue weighted by atomic mass is 10.2. The molecule has 4 heteroatoms. The third-order valence-corrected chi connectivity index (χ3v) is 2.99. The Hall–Kier alpha value is -0.940. The topological polar surface area (TPSA) is 41.9 Å². The highest BCUT2D eigenvalue weighted by Gasteiger charge is 2.14. The van der Waals surface area contributed by atoms with Gasteiger partial charge in [-0.15, -0.1) is 0 Å². The number of hydrogen-bond donors (Lipinski definition) is 1. The van der Waals surface area contributed by atoms with Crippen LogP contribution in [-0.4, -0.2) is 55.6 Å². The molecule has 2 rings (SSSR count). The van der Waals surface area contributed by atoms with Gasteiger partial charge in [-0.25, -0.2) is 0 Å². The summed E-state index contributed by atoms with van der Waals surface area (Å²) in [6.07, 6.45) is -0.424. The van der Waals surface area contributed by atoms with Crippen molar-refractivity contribution in [1.82, 2.24) is 4.90 Å². The highest BCUT2D eigenvalue weighted by atomic mass is 16.5. The fourth-order valence-corrected chi connectivity index (χ4v) is 2.02. The quantitative estimate of drug-likeness (QED) is 0.815. The van der Waals surface area contributed by atoms with Crippen LogP contribution in [0.15, 0.2) is 30.3 Å². The summed E-state index contributed by atoms with van der Waals surface area (Å²) in [6.45, 7) is 4.92. The molecule has 0 aromatic heterocycles. The van der Waals surface area contributed by atoms with Gasteiger partial charge in [0.1, 0.15) is 0 Å². The lowest BCUT2D eigenvalue weighted by Crippen LogP contribution is -2.42. The number of nitrogens with zero attached hydrogens (tertiary/aromatic N) is 1. The van der Waals surface area contributed by atoms with Crippen molar-refractivity contribution in [3.8, 4) is 0 Å². The van der Waals surface area contributed by atoms with Crippen LogP contribution in [0.25, 0.3) is 0 Å². The number of rotatable bonds is 6. The zero-order chi connectivity index (χ0) is 12.6. The molecule has 1 fully saturated rings. The highest BCUT2D eigenvalue weighted by Crippen LogP contribution is 2.03. The molecule has 0 saturated carbocycles. The Morgan fingerprint density at radius 1 is 1.22 bits per heavy atom. The Kier molecular flexibility index (Phi) is 5.61. The monoisotopic (exact) mass is 251 g/mol. The summed E-state index contributed by atoms with van der Waals surface area (Å²) in [5.41, 5.74) is 1.14.